The van der Waals surface area contributed by atoms with Crippen LogP contribution in [-0.2, 0) is 16.4 Å². The number of aryl methyl sites for hydroxylation is 1. The lowest BCUT2D eigenvalue weighted by molar-refractivity contribution is 0.405. The molecule has 42 heavy (non-hydrogen) atoms. The number of H-pyrrole nitrogens is 1. The first-order valence-corrected chi connectivity index (χ1v) is 15.3. The summed E-state index contributed by atoms with van der Waals surface area (Å²) in [5.74, 6) is -0.342. The van der Waals surface area contributed by atoms with Crippen LogP contribution in [0.4, 0.5) is 11.4 Å². The van der Waals surface area contributed by atoms with Crippen molar-refractivity contribution in [3.63, 3.8) is 0 Å². The first kappa shape index (κ1) is 29.0. The summed E-state index contributed by atoms with van der Waals surface area (Å²) < 4.78 is 31.0. The van der Waals surface area contributed by atoms with Crippen molar-refractivity contribution in [2.24, 2.45) is 10.2 Å². The fourth-order valence-corrected chi connectivity index (χ4v) is 6.57. The molecule has 0 bridgehead atoms. The fraction of sp³-hybridized carbons (Fsp3) is 0.219. The molecule has 0 atom stereocenters. The lowest BCUT2D eigenvalue weighted by Crippen LogP contribution is -2.34. The molecule has 0 fully saturated rings. The molecule has 4 aromatic carbocycles. The Labute approximate surface area is 244 Å². The van der Waals surface area contributed by atoms with Crippen LogP contribution < -0.4 is 5.56 Å². The van der Waals surface area contributed by atoms with Gasteiger partial charge in [-0.15, -0.1) is 10.2 Å². The van der Waals surface area contributed by atoms with E-state index < -0.39 is 15.6 Å². The standard InChI is InChI=1S/C32H33N5O4S/c1-3-4-20-36(21-19-24-13-7-5-8-14-24)42(40,41)29-22-28(38)31(27-18-12-11-17-26(27)29)34-33-30-23(2)35-37(32(30)39)25-15-9-6-10-16-25/h5-18,22,35,38H,3-4,19-21H2,1-2H3. The van der Waals surface area contributed by atoms with Crippen LogP contribution in [0, 0.1) is 6.92 Å². The Kier molecular flexibility index (Phi) is 8.65. The molecule has 0 aliphatic carbocycles. The largest absolute Gasteiger partial charge is 0.506 e. The molecule has 10 heteroatoms. The van der Waals surface area contributed by atoms with E-state index in [1.54, 1.807) is 43.3 Å². The summed E-state index contributed by atoms with van der Waals surface area (Å²) in [6, 6.07) is 27.0. The molecule has 0 amide bonds. The van der Waals surface area contributed by atoms with E-state index in [0.717, 1.165) is 12.0 Å². The van der Waals surface area contributed by atoms with E-state index in [1.165, 1.54) is 15.1 Å². The quantitative estimate of drug-likeness (QED) is 0.167. The molecular formula is C32H33N5O4S. The van der Waals surface area contributed by atoms with Gasteiger partial charge in [-0.25, -0.2) is 13.1 Å². The number of phenols is 1. The normalized spacial score (nSPS) is 12.1. The molecule has 0 saturated carbocycles. The number of nitrogens with one attached hydrogen (secondary N) is 1. The minimum Gasteiger partial charge on any atom is -0.506 e. The summed E-state index contributed by atoms with van der Waals surface area (Å²) in [4.78, 5) is 13.1. The summed E-state index contributed by atoms with van der Waals surface area (Å²) in [5, 5.41) is 23.4. The van der Waals surface area contributed by atoms with Gasteiger partial charge in [0.05, 0.1) is 16.3 Å². The van der Waals surface area contributed by atoms with E-state index >= 15 is 0 Å². The number of aromatic amines is 1. The zero-order chi connectivity index (χ0) is 29.7. The predicted octanol–water partition coefficient (Wildman–Crippen LogP) is 6.78. The number of fused-ring (bicyclic) bond motifs is 1. The van der Waals surface area contributed by atoms with Gasteiger partial charge in [-0.2, -0.15) is 4.31 Å². The van der Waals surface area contributed by atoms with Crippen molar-refractivity contribution in [2.75, 3.05) is 13.1 Å². The van der Waals surface area contributed by atoms with Gasteiger partial charge in [-0.05, 0) is 37.5 Å². The second-order valence-corrected chi connectivity index (χ2v) is 11.9. The molecule has 1 aromatic heterocycles. The Balaban J connectivity index is 1.54. The van der Waals surface area contributed by atoms with Gasteiger partial charge in [0.25, 0.3) is 5.56 Å². The lowest BCUT2D eigenvalue weighted by atomic mass is 10.1. The van der Waals surface area contributed by atoms with E-state index in [1.807, 2.05) is 55.5 Å². The number of unbranched alkanes of at least 4 members (excludes halogenated alkanes) is 1. The Morgan fingerprint density at radius 2 is 1.48 bits per heavy atom. The molecule has 0 radical (unpaired) electrons. The van der Waals surface area contributed by atoms with Crippen molar-refractivity contribution in [1.29, 1.82) is 0 Å². The monoisotopic (exact) mass is 583 g/mol. The fourth-order valence-electron chi connectivity index (χ4n) is 4.87. The maximum absolute atomic E-state index is 14.1. The smallest absolute Gasteiger partial charge is 0.299 e. The number of aromatic nitrogens is 2. The highest BCUT2D eigenvalue weighted by molar-refractivity contribution is 7.89. The van der Waals surface area contributed by atoms with E-state index in [4.69, 9.17) is 0 Å². The Hall–Kier alpha value is -4.54. The molecule has 5 aromatic rings. The highest BCUT2D eigenvalue weighted by Gasteiger charge is 2.28. The van der Waals surface area contributed by atoms with E-state index in [9.17, 15) is 18.3 Å². The summed E-state index contributed by atoms with van der Waals surface area (Å²) in [6.07, 6.45) is 2.12. The maximum Gasteiger partial charge on any atom is 0.299 e. The zero-order valence-corrected chi connectivity index (χ0v) is 24.4. The van der Waals surface area contributed by atoms with Gasteiger partial charge in [0.2, 0.25) is 10.0 Å². The van der Waals surface area contributed by atoms with Crippen molar-refractivity contribution in [3.8, 4) is 11.4 Å². The molecular weight excluding hydrogens is 550 g/mol. The van der Waals surface area contributed by atoms with E-state index in [0.29, 0.717) is 48.1 Å². The second-order valence-electron chi connectivity index (χ2n) is 10.0. The molecule has 9 nitrogen and oxygen atoms in total. The number of aromatic hydroxyl groups is 1. The highest BCUT2D eigenvalue weighted by Crippen LogP contribution is 2.40. The van der Waals surface area contributed by atoms with E-state index in [-0.39, 0.29) is 22.0 Å². The van der Waals surface area contributed by atoms with Crippen LogP contribution in [0.1, 0.15) is 31.0 Å². The van der Waals surface area contributed by atoms with Crippen LogP contribution in [0.2, 0.25) is 0 Å². The molecule has 5 rings (SSSR count). The molecule has 216 valence electrons. The summed E-state index contributed by atoms with van der Waals surface area (Å²) >= 11 is 0. The number of rotatable bonds is 11. The van der Waals surface area contributed by atoms with Crippen molar-refractivity contribution < 1.29 is 13.5 Å². The van der Waals surface area contributed by atoms with Crippen LogP contribution in [-0.4, -0.2) is 40.7 Å². The topological polar surface area (TPSA) is 120 Å². The SMILES string of the molecule is CCCCN(CCc1ccccc1)S(=O)(=O)c1cc(O)c(N=Nc2c(C)[nH]n(-c3ccccc3)c2=O)c2ccccc12. The van der Waals surface area contributed by atoms with Crippen LogP contribution in [0.15, 0.2) is 111 Å². The van der Waals surface area contributed by atoms with Gasteiger partial charge in [-0.3, -0.25) is 9.89 Å². The van der Waals surface area contributed by atoms with E-state index in [2.05, 4.69) is 15.3 Å². The number of para-hydroxylation sites is 1. The number of benzene rings is 4. The average Bonchev–Trinajstić information content (AvgIpc) is 3.29. The first-order chi connectivity index (χ1) is 20.3. The zero-order valence-electron chi connectivity index (χ0n) is 23.6. The molecule has 0 aliphatic heterocycles. The van der Waals surface area contributed by atoms with Crippen LogP contribution >= 0.6 is 0 Å². The Morgan fingerprint density at radius 1 is 0.857 bits per heavy atom. The summed E-state index contributed by atoms with van der Waals surface area (Å²) in [6.45, 7) is 4.40. The van der Waals surface area contributed by atoms with Crippen molar-refractivity contribution in [1.82, 2.24) is 14.1 Å². The third kappa shape index (κ3) is 5.90. The van der Waals surface area contributed by atoms with Gasteiger partial charge < -0.3 is 5.11 Å². The molecule has 0 aliphatic rings. The molecule has 0 spiro atoms. The molecule has 0 saturated heterocycles. The highest BCUT2D eigenvalue weighted by atomic mass is 32.2. The number of hydrogen-bond donors (Lipinski definition) is 2. The Bertz CT molecular complexity index is 1880. The minimum absolute atomic E-state index is 0.00275. The van der Waals surface area contributed by atoms with Crippen molar-refractivity contribution in [3.05, 3.63) is 113 Å². The summed E-state index contributed by atoms with van der Waals surface area (Å²) in [5.41, 5.74) is 1.97. The third-order valence-corrected chi connectivity index (χ3v) is 9.07. The van der Waals surface area contributed by atoms with Crippen molar-refractivity contribution in [2.45, 2.75) is 38.0 Å². The van der Waals surface area contributed by atoms with Gasteiger partial charge in [-0.1, -0.05) is 86.1 Å². The van der Waals surface area contributed by atoms with Gasteiger partial charge in [0.1, 0.15) is 11.4 Å². The first-order valence-electron chi connectivity index (χ1n) is 13.9. The number of phenolic OH excluding ortho intramolecular Hbond substituents is 1. The van der Waals surface area contributed by atoms with Gasteiger partial charge >= 0.3 is 0 Å². The van der Waals surface area contributed by atoms with Gasteiger partial charge in [0.15, 0.2) is 5.69 Å². The number of sulfonamides is 1. The summed E-state index contributed by atoms with van der Waals surface area (Å²) in [7, 11) is -3.97. The number of hydrogen-bond acceptors (Lipinski definition) is 6. The molecule has 2 N–H and O–H groups in total. The Morgan fingerprint density at radius 3 is 2.17 bits per heavy atom. The maximum atomic E-state index is 14.1. The second kappa shape index (κ2) is 12.5. The predicted molar refractivity (Wildman–Crippen MR) is 165 cm³/mol. The average molecular weight is 584 g/mol. The van der Waals surface area contributed by atoms with Crippen LogP contribution in [0.3, 0.4) is 0 Å². The molecule has 0 unspecified atom stereocenters. The van der Waals surface area contributed by atoms with Crippen LogP contribution in [0.25, 0.3) is 16.5 Å². The van der Waals surface area contributed by atoms with Gasteiger partial charge in [0, 0.05) is 29.9 Å². The van der Waals surface area contributed by atoms with Crippen LogP contribution in [0.5, 0.6) is 5.75 Å². The third-order valence-electron chi connectivity index (χ3n) is 7.13. The number of azo groups is 1. The van der Waals surface area contributed by atoms with Crippen molar-refractivity contribution >= 4 is 32.2 Å². The minimum atomic E-state index is -3.97. The lowest BCUT2D eigenvalue weighted by Gasteiger charge is -2.23. The molecule has 1 heterocycles. The number of nitrogens with zero attached hydrogens (tertiary/aromatic N) is 4.